The van der Waals surface area contributed by atoms with Crippen molar-refractivity contribution in [2.45, 2.75) is 23.1 Å². The molecule has 2 rings (SSSR count). The Hall–Kier alpha value is -1.65. The summed E-state index contributed by atoms with van der Waals surface area (Å²) in [4.78, 5) is 1.19. The molecule has 0 heterocycles. The molecule has 0 saturated carbocycles. The lowest BCUT2D eigenvalue weighted by Gasteiger charge is -2.20. The molecule has 0 aromatic heterocycles. The van der Waals surface area contributed by atoms with E-state index in [0.29, 0.717) is 0 Å². The third-order valence-corrected chi connectivity index (χ3v) is 4.60. The van der Waals surface area contributed by atoms with E-state index in [-0.39, 0.29) is 11.3 Å². The minimum atomic E-state index is -0.0250. The number of methoxy groups -OCH3 is 2. The molecule has 2 unspecified atom stereocenters. The van der Waals surface area contributed by atoms with Gasteiger partial charge in [-0.2, -0.15) is 0 Å². The van der Waals surface area contributed by atoms with Crippen LogP contribution in [0.4, 0.5) is 0 Å². The first-order chi connectivity index (χ1) is 10.1. The van der Waals surface area contributed by atoms with Crippen molar-refractivity contribution < 1.29 is 9.47 Å². The van der Waals surface area contributed by atoms with Gasteiger partial charge in [-0.25, -0.2) is 0 Å². The fraction of sp³-hybridized carbons (Fsp3) is 0.294. The predicted octanol–water partition coefficient (Wildman–Crippen LogP) is 3.88. The van der Waals surface area contributed by atoms with E-state index in [1.165, 1.54) is 4.90 Å². The standard InChI is InChI=1S/C17H21NO2S/c1-12(21-16-10-8-15(20-3)9-11-16)17(18)13-4-6-14(19-2)7-5-13/h4-12,17H,18H2,1-3H3. The smallest absolute Gasteiger partial charge is 0.118 e. The van der Waals surface area contributed by atoms with Crippen LogP contribution >= 0.6 is 11.8 Å². The quantitative estimate of drug-likeness (QED) is 0.822. The van der Waals surface area contributed by atoms with E-state index in [2.05, 4.69) is 19.1 Å². The first-order valence-corrected chi connectivity index (χ1v) is 7.72. The van der Waals surface area contributed by atoms with Crippen LogP contribution in [0.2, 0.25) is 0 Å². The largest absolute Gasteiger partial charge is 0.497 e. The van der Waals surface area contributed by atoms with Crippen molar-refractivity contribution in [2.75, 3.05) is 14.2 Å². The van der Waals surface area contributed by atoms with Crippen molar-refractivity contribution in [1.82, 2.24) is 0 Å². The zero-order valence-electron chi connectivity index (χ0n) is 12.6. The molecular formula is C17H21NO2S. The number of hydrogen-bond donors (Lipinski definition) is 1. The highest BCUT2D eigenvalue weighted by molar-refractivity contribution is 8.00. The molecule has 2 aromatic carbocycles. The molecule has 3 nitrogen and oxygen atoms in total. The van der Waals surface area contributed by atoms with Crippen LogP contribution in [0, 0.1) is 0 Å². The van der Waals surface area contributed by atoms with Gasteiger partial charge in [-0.3, -0.25) is 0 Å². The average Bonchev–Trinajstić information content (AvgIpc) is 2.55. The lowest BCUT2D eigenvalue weighted by Crippen LogP contribution is -2.20. The first kappa shape index (κ1) is 15.7. The zero-order chi connectivity index (χ0) is 15.2. The van der Waals surface area contributed by atoms with Gasteiger partial charge in [0.25, 0.3) is 0 Å². The molecule has 2 atom stereocenters. The molecule has 0 spiro atoms. The summed E-state index contributed by atoms with van der Waals surface area (Å²) in [5.41, 5.74) is 7.46. The third-order valence-electron chi connectivity index (χ3n) is 3.39. The number of benzene rings is 2. The van der Waals surface area contributed by atoms with Gasteiger partial charge in [0.1, 0.15) is 11.5 Å². The van der Waals surface area contributed by atoms with Crippen LogP contribution in [0.5, 0.6) is 11.5 Å². The Morgan fingerprint density at radius 3 is 1.81 bits per heavy atom. The van der Waals surface area contributed by atoms with Crippen LogP contribution in [-0.4, -0.2) is 19.5 Å². The van der Waals surface area contributed by atoms with Crippen molar-refractivity contribution in [1.29, 1.82) is 0 Å². The van der Waals surface area contributed by atoms with Gasteiger partial charge in [0, 0.05) is 16.2 Å². The fourth-order valence-electron chi connectivity index (χ4n) is 2.04. The van der Waals surface area contributed by atoms with E-state index >= 15 is 0 Å². The second kappa shape index (κ2) is 7.38. The Morgan fingerprint density at radius 1 is 0.857 bits per heavy atom. The number of hydrogen-bond acceptors (Lipinski definition) is 4. The van der Waals surface area contributed by atoms with Gasteiger partial charge in [0.2, 0.25) is 0 Å². The fourth-order valence-corrected chi connectivity index (χ4v) is 3.07. The molecule has 0 bridgehead atoms. The van der Waals surface area contributed by atoms with E-state index in [1.54, 1.807) is 26.0 Å². The van der Waals surface area contributed by atoms with Gasteiger partial charge in [-0.1, -0.05) is 19.1 Å². The van der Waals surface area contributed by atoms with Gasteiger partial charge in [-0.15, -0.1) is 11.8 Å². The van der Waals surface area contributed by atoms with Gasteiger partial charge in [-0.05, 0) is 42.0 Å². The van der Waals surface area contributed by atoms with E-state index in [9.17, 15) is 0 Å². The van der Waals surface area contributed by atoms with Crippen LogP contribution in [0.1, 0.15) is 18.5 Å². The second-order valence-corrected chi connectivity index (χ2v) is 6.25. The summed E-state index contributed by atoms with van der Waals surface area (Å²) >= 11 is 1.76. The summed E-state index contributed by atoms with van der Waals surface area (Å²) in [6.07, 6.45) is 0. The molecule has 0 aliphatic carbocycles. The summed E-state index contributed by atoms with van der Waals surface area (Å²) in [6, 6.07) is 16.0. The highest BCUT2D eigenvalue weighted by atomic mass is 32.2. The Labute approximate surface area is 130 Å². The SMILES string of the molecule is COc1ccc(SC(C)C(N)c2ccc(OC)cc2)cc1. The number of thioether (sulfide) groups is 1. The van der Waals surface area contributed by atoms with E-state index in [4.69, 9.17) is 15.2 Å². The molecule has 2 aromatic rings. The van der Waals surface area contributed by atoms with Gasteiger partial charge >= 0.3 is 0 Å². The molecule has 0 fully saturated rings. The maximum absolute atomic E-state index is 6.35. The number of rotatable bonds is 6. The summed E-state index contributed by atoms with van der Waals surface area (Å²) in [7, 11) is 3.33. The minimum Gasteiger partial charge on any atom is -0.497 e. The summed E-state index contributed by atoms with van der Waals surface area (Å²) in [5, 5.41) is 0.270. The van der Waals surface area contributed by atoms with Crippen molar-refractivity contribution in [3.05, 3.63) is 54.1 Å². The Balaban J connectivity index is 2.01. The Bertz CT molecular complexity index is 554. The molecule has 0 aliphatic rings. The van der Waals surface area contributed by atoms with Gasteiger partial charge in [0.05, 0.1) is 14.2 Å². The summed E-state index contributed by atoms with van der Waals surface area (Å²) in [5.74, 6) is 1.72. The van der Waals surface area contributed by atoms with Crippen molar-refractivity contribution >= 4 is 11.8 Å². The zero-order valence-corrected chi connectivity index (χ0v) is 13.4. The molecule has 112 valence electrons. The number of nitrogens with two attached hydrogens (primary N) is 1. The Kier molecular flexibility index (Phi) is 5.53. The van der Waals surface area contributed by atoms with Crippen LogP contribution in [-0.2, 0) is 0 Å². The lowest BCUT2D eigenvalue weighted by atomic mass is 10.1. The average molecular weight is 303 g/mol. The highest BCUT2D eigenvalue weighted by Crippen LogP contribution is 2.32. The second-order valence-electron chi connectivity index (χ2n) is 4.80. The maximum atomic E-state index is 6.35. The highest BCUT2D eigenvalue weighted by Gasteiger charge is 2.16. The minimum absolute atomic E-state index is 0.0250. The van der Waals surface area contributed by atoms with Crippen molar-refractivity contribution in [3.8, 4) is 11.5 Å². The molecular weight excluding hydrogens is 282 g/mol. The monoisotopic (exact) mass is 303 g/mol. The molecule has 0 amide bonds. The van der Waals surface area contributed by atoms with Crippen LogP contribution in [0.15, 0.2) is 53.4 Å². The summed E-state index contributed by atoms with van der Waals surface area (Å²) < 4.78 is 10.3. The van der Waals surface area contributed by atoms with E-state index in [1.807, 2.05) is 36.4 Å². The van der Waals surface area contributed by atoms with Gasteiger partial charge in [0.15, 0.2) is 0 Å². The van der Waals surface area contributed by atoms with E-state index in [0.717, 1.165) is 17.1 Å². The molecule has 0 saturated heterocycles. The normalized spacial score (nSPS) is 13.5. The van der Waals surface area contributed by atoms with Crippen LogP contribution in [0.3, 0.4) is 0 Å². The summed E-state index contributed by atoms with van der Waals surface area (Å²) in [6.45, 7) is 2.14. The molecule has 4 heteroatoms. The maximum Gasteiger partial charge on any atom is 0.118 e. The van der Waals surface area contributed by atoms with E-state index < -0.39 is 0 Å². The topological polar surface area (TPSA) is 44.5 Å². The van der Waals surface area contributed by atoms with Crippen molar-refractivity contribution in [3.63, 3.8) is 0 Å². The third kappa shape index (κ3) is 4.16. The van der Waals surface area contributed by atoms with Crippen LogP contribution < -0.4 is 15.2 Å². The number of ether oxygens (including phenoxy) is 2. The predicted molar refractivity (Wildman–Crippen MR) is 88.2 cm³/mol. The molecule has 2 N–H and O–H groups in total. The molecule has 0 aliphatic heterocycles. The molecule has 21 heavy (non-hydrogen) atoms. The van der Waals surface area contributed by atoms with Crippen LogP contribution in [0.25, 0.3) is 0 Å². The van der Waals surface area contributed by atoms with Gasteiger partial charge < -0.3 is 15.2 Å². The lowest BCUT2D eigenvalue weighted by molar-refractivity contribution is 0.414. The first-order valence-electron chi connectivity index (χ1n) is 6.84. The molecule has 0 radical (unpaired) electrons. The Morgan fingerprint density at radius 2 is 1.33 bits per heavy atom. The van der Waals surface area contributed by atoms with Crippen molar-refractivity contribution in [2.24, 2.45) is 5.73 Å².